The largest absolute Gasteiger partial charge is 0.481 e. The molecule has 7 N–H and O–H groups in total. The van der Waals surface area contributed by atoms with Crippen LogP contribution in [-0.2, 0) is 49.5 Å². The summed E-state index contributed by atoms with van der Waals surface area (Å²) in [5.74, 6) is -4.02. The van der Waals surface area contributed by atoms with Crippen LogP contribution in [0.5, 0.6) is 0 Å². The van der Waals surface area contributed by atoms with Crippen LogP contribution in [-0.4, -0.2) is 105 Å². The number of hydrogen-bond donors (Lipinski definition) is 8. The summed E-state index contributed by atoms with van der Waals surface area (Å²) < 4.78 is 13.4. The molecule has 1 unspecified atom stereocenters. The van der Waals surface area contributed by atoms with Gasteiger partial charge in [-0.2, -0.15) is 12.6 Å². The van der Waals surface area contributed by atoms with Crippen LogP contribution in [0.4, 0.5) is 5.69 Å². The quantitative estimate of drug-likeness (QED) is 0.113. The van der Waals surface area contributed by atoms with Gasteiger partial charge >= 0.3 is 5.97 Å². The molecule has 12 atom stereocenters. The highest BCUT2D eigenvalue weighted by Gasteiger charge is 2.76. The van der Waals surface area contributed by atoms with E-state index < -0.39 is 101 Å². The summed E-state index contributed by atoms with van der Waals surface area (Å²) in [7, 11) is 0. The van der Waals surface area contributed by atoms with Gasteiger partial charge in [0.1, 0.15) is 18.7 Å². The van der Waals surface area contributed by atoms with E-state index in [2.05, 4.69) is 40.8 Å². The summed E-state index contributed by atoms with van der Waals surface area (Å²) in [5, 5.41) is 40.4. The molecule has 3 saturated carbocycles. The van der Waals surface area contributed by atoms with Gasteiger partial charge in [-0.1, -0.05) is 61.9 Å². The lowest BCUT2D eigenvalue weighted by Gasteiger charge is -2.59. The molecule has 0 spiro atoms. The number of carboxylic acids is 1. The van der Waals surface area contributed by atoms with Gasteiger partial charge in [0.25, 0.3) is 0 Å². The number of aliphatic hydroxyl groups is 2. The first-order chi connectivity index (χ1) is 30.8. The SMILES string of the molecule is C[C@H](NC(=O)CCNC(=O)C(S)CC(=O)O)C(=O)N[C@@H](C)C(=O)Nc1cccc(Cc2ccc([C@@H]3O[C@@H]4C[C@H]5[C@@H]6CCC7=CC(=O)C=C[C@]7(C)[C@H]6[C@@H](O)C[C@]5(C)[C@]4(C(=O)CO)O3)cc2)c1. The van der Waals surface area contributed by atoms with Crippen LogP contribution in [0.2, 0.25) is 0 Å². The number of carbonyl (C=O) groups is 7. The topological polar surface area (TPSA) is 247 Å². The summed E-state index contributed by atoms with van der Waals surface area (Å²) in [5.41, 5.74) is 1.36. The number of aliphatic hydroxyl groups excluding tert-OH is 2. The van der Waals surface area contributed by atoms with Gasteiger partial charge in [0.05, 0.1) is 23.9 Å². The zero-order valence-corrected chi connectivity index (χ0v) is 37.8. The number of Topliss-reactive ketones (excluding diaryl/α,β-unsaturated/α-hetero) is 1. The molecule has 2 aromatic carbocycles. The van der Waals surface area contributed by atoms with E-state index in [1.807, 2.05) is 49.4 Å². The fourth-order valence-corrected chi connectivity index (χ4v) is 11.6. The van der Waals surface area contributed by atoms with Crippen molar-refractivity contribution < 1.29 is 58.4 Å². The zero-order chi connectivity index (χ0) is 47.0. The third kappa shape index (κ3) is 9.30. The van der Waals surface area contributed by atoms with Crippen LogP contribution in [0, 0.1) is 28.6 Å². The standard InChI is InChI=1S/C48H58N4O12S/c1-25(50-39(57)15-17-49-44(62)36(65)22-40(58)59)42(60)51-26(2)43(61)52-31-7-5-6-28(19-31)18-27-8-10-29(11-9-27)45-63-38-21-34-33-13-12-30-20-32(54)14-16-46(30,3)41(33)35(55)23-47(34,4)48(38,64-45)37(56)24-53/h5-11,14,16,19-20,25-26,33-36,38,41,45,53,55,65H,12-13,15,17-18,21-24H2,1-4H3,(H,49,62)(H,50,57)(H,51,60)(H,52,61)(H,58,59)/t25-,26-,33-,34-,35-,36?,38+,41+,45+,46-,47-,48+/m0/s1. The zero-order valence-electron chi connectivity index (χ0n) is 36.9. The molecule has 1 saturated heterocycles. The highest BCUT2D eigenvalue weighted by molar-refractivity contribution is 7.81. The number of amides is 4. The molecule has 4 aliphatic carbocycles. The highest BCUT2D eigenvalue weighted by atomic mass is 32.1. The van der Waals surface area contributed by atoms with Crippen LogP contribution < -0.4 is 21.3 Å². The van der Waals surface area contributed by atoms with Crippen LogP contribution in [0.1, 0.15) is 89.2 Å². The number of benzene rings is 2. The second-order valence-corrected chi connectivity index (χ2v) is 19.2. The second-order valence-electron chi connectivity index (χ2n) is 18.6. The smallest absolute Gasteiger partial charge is 0.304 e. The van der Waals surface area contributed by atoms with E-state index in [0.29, 0.717) is 24.1 Å². The fraction of sp³-hybridized carbons (Fsp3) is 0.521. The first-order valence-electron chi connectivity index (χ1n) is 22.1. The first kappa shape index (κ1) is 47.8. The molecule has 2 aromatic rings. The number of carboxylic acid groups (broad SMARTS) is 1. The average Bonchev–Trinajstić information content (AvgIpc) is 3.76. The number of allylic oxidation sites excluding steroid dienone is 4. The molecule has 1 heterocycles. The summed E-state index contributed by atoms with van der Waals surface area (Å²) in [6, 6.07) is 13.0. The summed E-state index contributed by atoms with van der Waals surface area (Å²) >= 11 is 3.93. The second kappa shape index (κ2) is 19.0. The average molecular weight is 915 g/mol. The van der Waals surface area contributed by atoms with E-state index in [1.165, 1.54) is 13.8 Å². The molecule has 16 nitrogen and oxygen atoms in total. The summed E-state index contributed by atoms with van der Waals surface area (Å²) in [6.45, 7) is 6.26. The van der Waals surface area contributed by atoms with Crippen LogP contribution >= 0.6 is 12.6 Å². The Morgan fingerprint density at radius 2 is 1.68 bits per heavy atom. The number of nitrogens with one attached hydrogen (secondary N) is 4. The number of anilines is 1. The van der Waals surface area contributed by atoms with Crippen molar-refractivity contribution in [2.45, 2.75) is 114 Å². The van der Waals surface area contributed by atoms with Crippen molar-refractivity contribution in [3.8, 4) is 0 Å². The molecule has 348 valence electrons. The third-order valence-corrected chi connectivity index (χ3v) is 14.9. The monoisotopic (exact) mass is 914 g/mol. The Kier molecular flexibility index (Phi) is 13.9. The maximum atomic E-state index is 14.0. The molecule has 5 aliphatic rings. The molecular formula is C48H58N4O12S. The van der Waals surface area contributed by atoms with Crippen LogP contribution in [0.15, 0.2) is 72.3 Å². The number of ketones is 2. The van der Waals surface area contributed by atoms with Crippen molar-refractivity contribution in [3.63, 3.8) is 0 Å². The van der Waals surface area contributed by atoms with E-state index in [4.69, 9.17) is 14.6 Å². The normalized spacial score (nSPS) is 31.1. The predicted molar refractivity (Wildman–Crippen MR) is 239 cm³/mol. The lowest BCUT2D eigenvalue weighted by molar-refractivity contribution is -0.201. The van der Waals surface area contributed by atoms with E-state index in [-0.39, 0.29) is 42.9 Å². The maximum Gasteiger partial charge on any atom is 0.304 e. The van der Waals surface area contributed by atoms with Gasteiger partial charge in [0, 0.05) is 41.0 Å². The first-order valence-corrected chi connectivity index (χ1v) is 22.7. The molecule has 4 amide bonds. The lowest BCUT2D eigenvalue weighted by Crippen LogP contribution is -2.63. The molecule has 65 heavy (non-hydrogen) atoms. The molecule has 0 bridgehead atoms. The van der Waals surface area contributed by atoms with Crippen molar-refractivity contribution in [1.29, 1.82) is 0 Å². The predicted octanol–water partition coefficient (Wildman–Crippen LogP) is 3.11. The van der Waals surface area contributed by atoms with Gasteiger partial charge in [-0.25, -0.2) is 0 Å². The van der Waals surface area contributed by atoms with Gasteiger partial charge in [0.15, 0.2) is 23.5 Å². The number of fused-ring (bicyclic) bond motifs is 7. The van der Waals surface area contributed by atoms with Crippen molar-refractivity contribution in [2.24, 2.45) is 28.6 Å². The Labute approximate surface area is 382 Å². The van der Waals surface area contributed by atoms with Gasteiger partial charge < -0.3 is 46.1 Å². The van der Waals surface area contributed by atoms with E-state index in [9.17, 15) is 43.8 Å². The number of carbonyl (C=O) groups excluding carboxylic acids is 6. The van der Waals surface area contributed by atoms with Crippen molar-refractivity contribution in [2.75, 3.05) is 18.5 Å². The van der Waals surface area contributed by atoms with Gasteiger partial charge in [-0.15, -0.1) is 0 Å². The Hall–Kier alpha value is -5.20. The third-order valence-electron chi connectivity index (χ3n) is 14.5. The Balaban J connectivity index is 0.927. The van der Waals surface area contributed by atoms with Crippen LogP contribution in [0.3, 0.4) is 0 Å². The molecular weight excluding hydrogens is 857 g/mol. The Morgan fingerprint density at radius 1 is 0.954 bits per heavy atom. The van der Waals surface area contributed by atoms with Crippen molar-refractivity contribution in [1.82, 2.24) is 16.0 Å². The van der Waals surface area contributed by atoms with Gasteiger partial charge in [-0.05, 0) is 93.2 Å². The van der Waals surface area contributed by atoms with Crippen molar-refractivity contribution >= 4 is 59.5 Å². The number of aliphatic carboxylic acids is 1. The molecule has 1 aliphatic heterocycles. The van der Waals surface area contributed by atoms with E-state index in [1.54, 1.807) is 24.3 Å². The van der Waals surface area contributed by atoms with E-state index in [0.717, 1.165) is 29.5 Å². The molecule has 0 aromatic heterocycles. The molecule has 0 radical (unpaired) electrons. The summed E-state index contributed by atoms with van der Waals surface area (Å²) in [4.78, 5) is 87.1. The highest BCUT2D eigenvalue weighted by Crippen LogP contribution is 2.70. The number of ether oxygens (including phenoxy) is 2. The minimum Gasteiger partial charge on any atom is -0.481 e. The minimum atomic E-state index is -1.46. The number of hydrogen-bond acceptors (Lipinski definition) is 12. The molecule has 17 heteroatoms. The van der Waals surface area contributed by atoms with E-state index >= 15 is 0 Å². The Bertz CT molecular complexity index is 2300. The van der Waals surface area contributed by atoms with Crippen LogP contribution in [0.25, 0.3) is 0 Å². The van der Waals surface area contributed by atoms with Gasteiger partial charge in [-0.3, -0.25) is 33.6 Å². The number of rotatable bonds is 16. The summed E-state index contributed by atoms with van der Waals surface area (Å²) in [6.07, 6.45) is 5.19. The minimum absolute atomic E-state index is 0.0161. The van der Waals surface area contributed by atoms with Crippen molar-refractivity contribution in [3.05, 3.63) is 89.0 Å². The van der Waals surface area contributed by atoms with Gasteiger partial charge in [0.2, 0.25) is 23.6 Å². The molecule has 7 rings (SSSR count). The maximum absolute atomic E-state index is 14.0. The fourth-order valence-electron chi connectivity index (χ4n) is 11.3. The lowest BCUT2D eigenvalue weighted by atomic mass is 9.46. The Morgan fingerprint density at radius 3 is 2.38 bits per heavy atom. The molecule has 4 fully saturated rings. The number of thiol groups is 1.